The minimum absolute atomic E-state index is 0.0926. The van der Waals surface area contributed by atoms with E-state index in [4.69, 9.17) is 9.47 Å². The summed E-state index contributed by atoms with van der Waals surface area (Å²) in [6, 6.07) is 4.71. The van der Waals surface area contributed by atoms with Crippen LogP contribution in [0.1, 0.15) is 45.3 Å². The fraction of sp³-hybridized carbons (Fsp3) is 0.588. The number of aliphatic hydroxyl groups is 1. The van der Waals surface area contributed by atoms with Gasteiger partial charge in [-0.2, -0.15) is 0 Å². The largest absolute Gasteiger partial charge is 0.508 e. The van der Waals surface area contributed by atoms with Crippen molar-refractivity contribution in [3.05, 3.63) is 23.8 Å². The Balaban J connectivity index is 1.76. The lowest BCUT2D eigenvalue weighted by molar-refractivity contribution is -0.0132. The van der Waals surface area contributed by atoms with Crippen molar-refractivity contribution in [2.24, 2.45) is 0 Å². The lowest BCUT2D eigenvalue weighted by Gasteiger charge is -2.38. The molecule has 2 aliphatic rings. The molecule has 0 aromatic heterocycles. The van der Waals surface area contributed by atoms with E-state index in [0.717, 1.165) is 0 Å². The first kappa shape index (κ1) is 15.9. The molecule has 3 rings (SSSR count). The predicted octanol–water partition coefficient (Wildman–Crippen LogP) is 2.59. The molecule has 0 bridgehead atoms. The van der Waals surface area contributed by atoms with E-state index in [-0.39, 0.29) is 11.8 Å². The third-order valence-electron chi connectivity index (χ3n) is 4.22. The number of ether oxygens (including phenoxy) is 2. The SMILES string of the molecule is CC(C)(C)OC(=O)N1CC[C@@]2(C[C@@H](O)c3ccc(O)cc3O2)C1. The molecular weight excluding hydrogens is 298 g/mol. The molecule has 0 saturated carbocycles. The van der Waals surface area contributed by atoms with Gasteiger partial charge in [0.1, 0.15) is 22.7 Å². The molecule has 6 heteroatoms. The molecule has 0 unspecified atom stereocenters. The maximum absolute atomic E-state index is 12.2. The number of amides is 1. The van der Waals surface area contributed by atoms with Gasteiger partial charge in [0, 0.05) is 31.0 Å². The zero-order valence-electron chi connectivity index (χ0n) is 13.7. The topological polar surface area (TPSA) is 79.2 Å². The Labute approximate surface area is 135 Å². The summed E-state index contributed by atoms with van der Waals surface area (Å²) in [7, 11) is 0. The summed E-state index contributed by atoms with van der Waals surface area (Å²) in [5.74, 6) is 0.574. The third-order valence-corrected chi connectivity index (χ3v) is 4.22. The van der Waals surface area contributed by atoms with Gasteiger partial charge in [-0.3, -0.25) is 0 Å². The molecule has 1 spiro atoms. The fourth-order valence-corrected chi connectivity index (χ4v) is 3.20. The number of benzene rings is 1. The van der Waals surface area contributed by atoms with Gasteiger partial charge in [-0.25, -0.2) is 4.79 Å². The minimum Gasteiger partial charge on any atom is -0.508 e. The van der Waals surface area contributed by atoms with Crippen molar-refractivity contribution in [3.8, 4) is 11.5 Å². The maximum Gasteiger partial charge on any atom is 0.410 e. The second kappa shape index (κ2) is 5.30. The van der Waals surface area contributed by atoms with E-state index >= 15 is 0 Å². The molecule has 6 nitrogen and oxygen atoms in total. The van der Waals surface area contributed by atoms with Crippen LogP contribution in [0.2, 0.25) is 0 Å². The molecule has 1 fully saturated rings. The van der Waals surface area contributed by atoms with E-state index in [1.54, 1.807) is 11.0 Å². The van der Waals surface area contributed by atoms with Crippen LogP contribution in [0.15, 0.2) is 18.2 Å². The van der Waals surface area contributed by atoms with Gasteiger partial charge in [0.05, 0.1) is 12.6 Å². The van der Waals surface area contributed by atoms with E-state index in [0.29, 0.717) is 37.2 Å². The van der Waals surface area contributed by atoms with E-state index < -0.39 is 17.3 Å². The van der Waals surface area contributed by atoms with Crippen LogP contribution in [0.3, 0.4) is 0 Å². The molecular formula is C17H23NO5. The Morgan fingerprint density at radius 3 is 2.87 bits per heavy atom. The Bertz CT molecular complexity index is 624. The summed E-state index contributed by atoms with van der Waals surface area (Å²) in [6.07, 6.45) is 0.00903. The number of aromatic hydroxyl groups is 1. The molecule has 2 aliphatic heterocycles. The second-order valence-electron chi connectivity index (χ2n) is 7.38. The normalized spacial score (nSPS) is 26.8. The Morgan fingerprint density at radius 2 is 2.17 bits per heavy atom. The van der Waals surface area contributed by atoms with Crippen molar-refractivity contribution < 1.29 is 24.5 Å². The number of hydrogen-bond donors (Lipinski definition) is 2. The van der Waals surface area contributed by atoms with Gasteiger partial charge < -0.3 is 24.6 Å². The molecule has 126 valence electrons. The minimum atomic E-state index is -0.669. The van der Waals surface area contributed by atoms with Crippen LogP contribution in [0.5, 0.6) is 11.5 Å². The van der Waals surface area contributed by atoms with E-state index in [1.807, 2.05) is 20.8 Å². The number of carbonyl (C=O) groups is 1. The van der Waals surface area contributed by atoms with Gasteiger partial charge in [0.25, 0.3) is 0 Å². The van der Waals surface area contributed by atoms with Crippen LogP contribution < -0.4 is 4.74 Å². The fourth-order valence-electron chi connectivity index (χ4n) is 3.20. The molecule has 1 aromatic carbocycles. The second-order valence-corrected chi connectivity index (χ2v) is 7.38. The number of rotatable bonds is 0. The van der Waals surface area contributed by atoms with Crippen LogP contribution in [0.25, 0.3) is 0 Å². The van der Waals surface area contributed by atoms with Gasteiger partial charge in [-0.15, -0.1) is 0 Å². The number of fused-ring (bicyclic) bond motifs is 1. The van der Waals surface area contributed by atoms with Gasteiger partial charge in [-0.05, 0) is 32.9 Å². The highest BCUT2D eigenvalue weighted by atomic mass is 16.6. The number of hydrogen-bond acceptors (Lipinski definition) is 5. The third kappa shape index (κ3) is 3.22. The molecule has 2 N–H and O–H groups in total. The standard InChI is InChI=1S/C17H23NO5/c1-16(2,3)23-15(21)18-7-6-17(10-18)9-13(20)12-5-4-11(19)8-14(12)22-17/h4-5,8,13,19-20H,6-7,9-10H2,1-3H3/t13-,17-/m1/s1. The highest BCUT2D eigenvalue weighted by Gasteiger charge is 2.47. The number of aliphatic hydroxyl groups excluding tert-OH is 1. The zero-order valence-corrected chi connectivity index (χ0v) is 13.7. The zero-order chi connectivity index (χ0) is 16.8. The number of likely N-dealkylation sites (tertiary alicyclic amines) is 1. The summed E-state index contributed by atoms with van der Waals surface area (Å²) in [5.41, 5.74) is -0.501. The van der Waals surface area contributed by atoms with Crippen molar-refractivity contribution in [1.29, 1.82) is 0 Å². The van der Waals surface area contributed by atoms with E-state index in [1.165, 1.54) is 12.1 Å². The summed E-state index contributed by atoms with van der Waals surface area (Å²) in [4.78, 5) is 13.8. The smallest absolute Gasteiger partial charge is 0.410 e. The predicted molar refractivity (Wildman–Crippen MR) is 83.5 cm³/mol. The quantitative estimate of drug-likeness (QED) is 0.768. The molecule has 2 atom stereocenters. The number of phenolic OH excluding ortho intramolecular Hbond substituents is 1. The molecule has 1 aromatic rings. The van der Waals surface area contributed by atoms with E-state index in [2.05, 4.69) is 0 Å². The first-order valence-corrected chi connectivity index (χ1v) is 7.85. The average molecular weight is 321 g/mol. The van der Waals surface area contributed by atoms with Crippen molar-refractivity contribution in [2.75, 3.05) is 13.1 Å². The first-order valence-electron chi connectivity index (χ1n) is 7.85. The Hall–Kier alpha value is -1.95. The number of phenols is 1. The Kier molecular flexibility index (Phi) is 3.67. The van der Waals surface area contributed by atoms with Crippen LogP contribution in [0.4, 0.5) is 4.79 Å². The van der Waals surface area contributed by atoms with Crippen molar-refractivity contribution in [3.63, 3.8) is 0 Å². The van der Waals surface area contributed by atoms with Gasteiger partial charge in [0.2, 0.25) is 0 Å². The molecule has 0 aliphatic carbocycles. The summed E-state index contributed by atoms with van der Waals surface area (Å²) in [5, 5.41) is 20.0. The van der Waals surface area contributed by atoms with Crippen LogP contribution >= 0.6 is 0 Å². The first-order chi connectivity index (χ1) is 10.7. The van der Waals surface area contributed by atoms with Gasteiger partial charge in [-0.1, -0.05) is 0 Å². The number of nitrogens with zero attached hydrogens (tertiary/aromatic N) is 1. The van der Waals surface area contributed by atoms with Crippen molar-refractivity contribution in [2.45, 2.75) is 50.9 Å². The molecule has 0 radical (unpaired) electrons. The summed E-state index contributed by atoms with van der Waals surface area (Å²) >= 11 is 0. The maximum atomic E-state index is 12.2. The summed E-state index contributed by atoms with van der Waals surface area (Å²) in [6.45, 7) is 6.38. The average Bonchev–Trinajstić information content (AvgIpc) is 2.79. The highest BCUT2D eigenvalue weighted by Crippen LogP contribution is 2.44. The monoisotopic (exact) mass is 321 g/mol. The lowest BCUT2D eigenvalue weighted by Crippen LogP contribution is -2.45. The molecule has 23 heavy (non-hydrogen) atoms. The van der Waals surface area contributed by atoms with Crippen LogP contribution in [-0.4, -0.2) is 45.5 Å². The van der Waals surface area contributed by atoms with E-state index in [9.17, 15) is 15.0 Å². The number of carbonyl (C=O) groups excluding carboxylic acids is 1. The van der Waals surface area contributed by atoms with Crippen molar-refractivity contribution in [1.82, 2.24) is 4.90 Å². The molecule has 1 saturated heterocycles. The Morgan fingerprint density at radius 1 is 1.43 bits per heavy atom. The molecule has 1 amide bonds. The lowest BCUT2D eigenvalue weighted by atomic mass is 9.88. The van der Waals surface area contributed by atoms with Crippen LogP contribution in [0, 0.1) is 0 Å². The van der Waals surface area contributed by atoms with Crippen molar-refractivity contribution >= 4 is 6.09 Å². The van der Waals surface area contributed by atoms with Gasteiger partial charge >= 0.3 is 6.09 Å². The van der Waals surface area contributed by atoms with Crippen LogP contribution in [-0.2, 0) is 4.74 Å². The van der Waals surface area contributed by atoms with Gasteiger partial charge in [0.15, 0.2) is 0 Å². The summed E-state index contributed by atoms with van der Waals surface area (Å²) < 4.78 is 11.5. The highest BCUT2D eigenvalue weighted by molar-refractivity contribution is 5.68. The molecule has 2 heterocycles.